The van der Waals surface area contributed by atoms with Crippen molar-refractivity contribution in [1.29, 1.82) is 0 Å². The third kappa shape index (κ3) is 5.42. The molecule has 0 radical (unpaired) electrons. The summed E-state index contributed by atoms with van der Waals surface area (Å²) in [5, 5.41) is 13.7. The predicted octanol–water partition coefficient (Wildman–Crippen LogP) is 2.69. The SMILES string of the molecule is CC(C)(C)C(NC(=O)CCCc1cccs1)C(=O)O. The highest BCUT2D eigenvalue weighted by Crippen LogP contribution is 2.19. The monoisotopic (exact) mass is 283 g/mol. The molecule has 2 N–H and O–H groups in total. The summed E-state index contributed by atoms with van der Waals surface area (Å²) < 4.78 is 0. The Morgan fingerprint density at radius 3 is 2.58 bits per heavy atom. The van der Waals surface area contributed by atoms with Gasteiger partial charge in [0.15, 0.2) is 0 Å². The average molecular weight is 283 g/mol. The molecule has 0 saturated heterocycles. The summed E-state index contributed by atoms with van der Waals surface area (Å²) in [7, 11) is 0. The molecule has 1 atom stereocenters. The van der Waals surface area contributed by atoms with Gasteiger partial charge < -0.3 is 10.4 Å². The fourth-order valence-electron chi connectivity index (χ4n) is 1.76. The van der Waals surface area contributed by atoms with E-state index in [0.717, 1.165) is 12.8 Å². The normalized spacial score (nSPS) is 13.0. The first-order valence-electron chi connectivity index (χ1n) is 6.35. The highest BCUT2D eigenvalue weighted by Gasteiger charge is 2.32. The van der Waals surface area contributed by atoms with Crippen LogP contribution in [0, 0.1) is 5.41 Å². The van der Waals surface area contributed by atoms with Gasteiger partial charge >= 0.3 is 5.97 Å². The molecule has 0 spiro atoms. The van der Waals surface area contributed by atoms with Crippen LogP contribution in [0.2, 0.25) is 0 Å². The molecular formula is C14H21NO3S. The maximum absolute atomic E-state index is 11.8. The fraction of sp³-hybridized carbons (Fsp3) is 0.571. The standard InChI is InChI=1S/C14H21NO3S/c1-14(2,3)12(13(17)18)15-11(16)8-4-6-10-7-5-9-19-10/h5,7,9,12H,4,6,8H2,1-3H3,(H,15,16)(H,17,18). The maximum atomic E-state index is 11.8. The van der Waals surface area contributed by atoms with Gasteiger partial charge in [-0.15, -0.1) is 11.3 Å². The number of hydrogen-bond acceptors (Lipinski definition) is 3. The number of thiophene rings is 1. The van der Waals surface area contributed by atoms with Crippen LogP contribution in [0.5, 0.6) is 0 Å². The molecule has 0 saturated carbocycles. The van der Waals surface area contributed by atoms with Crippen molar-refractivity contribution < 1.29 is 14.7 Å². The lowest BCUT2D eigenvalue weighted by Gasteiger charge is -2.27. The van der Waals surface area contributed by atoms with Gasteiger partial charge in [0.1, 0.15) is 6.04 Å². The predicted molar refractivity (Wildman–Crippen MR) is 76.3 cm³/mol. The van der Waals surface area contributed by atoms with E-state index in [0.29, 0.717) is 6.42 Å². The molecule has 1 aromatic rings. The van der Waals surface area contributed by atoms with E-state index in [1.165, 1.54) is 4.88 Å². The van der Waals surface area contributed by atoms with Crippen molar-refractivity contribution in [1.82, 2.24) is 5.32 Å². The molecule has 0 bridgehead atoms. The minimum atomic E-state index is -0.987. The number of aliphatic carboxylic acids is 1. The number of nitrogens with one attached hydrogen (secondary N) is 1. The Labute approximate surface area is 117 Å². The minimum Gasteiger partial charge on any atom is -0.480 e. The van der Waals surface area contributed by atoms with Crippen molar-refractivity contribution in [2.45, 2.75) is 46.1 Å². The highest BCUT2D eigenvalue weighted by molar-refractivity contribution is 7.09. The van der Waals surface area contributed by atoms with Gasteiger partial charge in [0.2, 0.25) is 5.91 Å². The lowest BCUT2D eigenvalue weighted by atomic mass is 9.86. The molecule has 1 heterocycles. The minimum absolute atomic E-state index is 0.195. The van der Waals surface area contributed by atoms with Crippen molar-refractivity contribution in [2.24, 2.45) is 5.41 Å². The van der Waals surface area contributed by atoms with Crippen molar-refractivity contribution in [3.63, 3.8) is 0 Å². The van der Waals surface area contributed by atoms with E-state index in [2.05, 4.69) is 5.32 Å². The first kappa shape index (κ1) is 15.7. The molecule has 106 valence electrons. The quantitative estimate of drug-likeness (QED) is 0.843. The van der Waals surface area contributed by atoms with Crippen LogP contribution in [0.15, 0.2) is 17.5 Å². The molecule has 0 aliphatic carbocycles. The third-order valence-corrected chi connectivity index (χ3v) is 3.76. The largest absolute Gasteiger partial charge is 0.480 e. The van der Waals surface area contributed by atoms with E-state index in [9.17, 15) is 9.59 Å². The summed E-state index contributed by atoms with van der Waals surface area (Å²) in [6, 6.07) is 3.18. The average Bonchev–Trinajstić information content (AvgIpc) is 2.77. The molecule has 0 fully saturated rings. The first-order chi connectivity index (χ1) is 8.80. The Morgan fingerprint density at radius 1 is 1.42 bits per heavy atom. The van der Waals surface area contributed by atoms with Crippen LogP contribution in [0.25, 0.3) is 0 Å². The fourth-order valence-corrected chi connectivity index (χ4v) is 2.51. The van der Waals surface area contributed by atoms with Crippen molar-refractivity contribution >= 4 is 23.2 Å². The molecule has 1 amide bonds. The van der Waals surface area contributed by atoms with Crippen molar-refractivity contribution in [3.8, 4) is 0 Å². The number of aryl methyl sites for hydroxylation is 1. The van der Waals surface area contributed by atoms with Gasteiger partial charge in [-0.25, -0.2) is 4.79 Å². The van der Waals surface area contributed by atoms with Gasteiger partial charge in [-0.2, -0.15) is 0 Å². The second-order valence-corrected chi connectivity index (χ2v) is 6.67. The Morgan fingerprint density at radius 2 is 2.11 bits per heavy atom. The number of carbonyl (C=O) groups excluding carboxylic acids is 1. The number of rotatable bonds is 6. The summed E-state index contributed by atoms with van der Waals surface area (Å²) in [6.07, 6.45) is 1.96. The second-order valence-electron chi connectivity index (χ2n) is 5.64. The molecule has 19 heavy (non-hydrogen) atoms. The topological polar surface area (TPSA) is 66.4 Å². The smallest absolute Gasteiger partial charge is 0.326 e. The molecule has 0 aromatic carbocycles. The van der Waals surface area contributed by atoms with Crippen molar-refractivity contribution in [3.05, 3.63) is 22.4 Å². The van der Waals surface area contributed by atoms with Gasteiger partial charge in [0.25, 0.3) is 0 Å². The summed E-state index contributed by atoms with van der Waals surface area (Å²) >= 11 is 1.67. The molecule has 0 aliphatic rings. The molecule has 0 aliphatic heterocycles. The lowest BCUT2D eigenvalue weighted by molar-refractivity contribution is -0.144. The molecule has 1 rings (SSSR count). The van der Waals surface area contributed by atoms with Crippen LogP contribution in [0.3, 0.4) is 0 Å². The van der Waals surface area contributed by atoms with Crippen LogP contribution >= 0.6 is 11.3 Å². The van der Waals surface area contributed by atoms with Gasteiger partial charge in [-0.1, -0.05) is 26.8 Å². The zero-order valence-corrected chi connectivity index (χ0v) is 12.4. The summed E-state index contributed by atoms with van der Waals surface area (Å²) in [4.78, 5) is 24.1. The van der Waals surface area contributed by atoms with Gasteiger partial charge in [-0.3, -0.25) is 4.79 Å². The molecular weight excluding hydrogens is 262 g/mol. The van der Waals surface area contributed by atoms with Crippen LogP contribution in [0.4, 0.5) is 0 Å². The van der Waals surface area contributed by atoms with E-state index in [4.69, 9.17) is 5.11 Å². The number of amides is 1. The van der Waals surface area contributed by atoms with E-state index in [-0.39, 0.29) is 5.91 Å². The summed E-state index contributed by atoms with van der Waals surface area (Å²) in [6.45, 7) is 5.41. The van der Waals surface area contributed by atoms with Gasteiger partial charge in [0, 0.05) is 11.3 Å². The summed E-state index contributed by atoms with van der Waals surface area (Å²) in [5.41, 5.74) is -0.491. The lowest BCUT2D eigenvalue weighted by Crippen LogP contribution is -2.49. The summed E-state index contributed by atoms with van der Waals surface area (Å²) in [5.74, 6) is -1.18. The zero-order valence-electron chi connectivity index (χ0n) is 11.6. The van der Waals surface area contributed by atoms with Crippen LogP contribution < -0.4 is 5.32 Å². The van der Waals surface area contributed by atoms with E-state index in [1.807, 2.05) is 17.5 Å². The zero-order chi connectivity index (χ0) is 14.5. The van der Waals surface area contributed by atoms with Crippen LogP contribution in [0.1, 0.15) is 38.5 Å². The molecule has 5 heteroatoms. The second kappa shape index (κ2) is 6.70. The molecule has 1 unspecified atom stereocenters. The van der Waals surface area contributed by atoms with Gasteiger partial charge in [0.05, 0.1) is 0 Å². The Bertz CT molecular complexity index is 420. The van der Waals surface area contributed by atoms with Crippen molar-refractivity contribution in [2.75, 3.05) is 0 Å². The molecule has 1 aromatic heterocycles. The number of carboxylic acids is 1. The van der Waals surface area contributed by atoms with Crippen LogP contribution in [-0.4, -0.2) is 23.0 Å². The third-order valence-electron chi connectivity index (χ3n) is 2.83. The highest BCUT2D eigenvalue weighted by atomic mass is 32.1. The molecule has 4 nitrogen and oxygen atoms in total. The van der Waals surface area contributed by atoms with Gasteiger partial charge in [-0.05, 0) is 29.7 Å². The Balaban J connectivity index is 2.39. The van der Waals surface area contributed by atoms with E-state index >= 15 is 0 Å². The Hall–Kier alpha value is -1.36. The number of carbonyl (C=O) groups is 2. The van der Waals surface area contributed by atoms with Crippen LogP contribution in [-0.2, 0) is 16.0 Å². The Kier molecular flexibility index (Phi) is 5.54. The maximum Gasteiger partial charge on any atom is 0.326 e. The van der Waals surface area contributed by atoms with E-state index in [1.54, 1.807) is 32.1 Å². The number of carboxylic acid groups (broad SMARTS) is 1. The van der Waals surface area contributed by atoms with E-state index < -0.39 is 17.4 Å². The first-order valence-corrected chi connectivity index (χ1v) is 7.23. The number of hydrogen-bond donors (Lipinski definition) is 2.